The number of nitrogens with two attached hydrogens (primary N) is 3. The first kappa shape index (κ1) is 79.4. The van der Waals surface area contributed by atoms with Gasteiger partial charge in [-0.05, 0) is 177 Å². The standard InChI is InChI=1S/C16H23N3O3S.C13H20N4O3S2.C9H19N3O2S.C8H18N2O2.C7H11N3OS/c1-16(2,3)22-15(21)18-11-7-10-17-14(23)19-13(20)12-8-5-4-6-9-12;1-13(2,3)20-12(19)15-6-4-5-14-10(21)17-11-16-7-9(8-18)22-11;1-9(2,3)14-8(13)12-6-4-5-11-7(10)15;1-8(2,3)12-7(11)10-6-4-5-9;8-2-1-3-9-7-10-4-6(5-11)12-7/h4-6,8-9H,7,10-11H2,1-3H3,(H,18,21)(H2,17,19,20,23);7-8H,4-6H2,1-3H3,(H,15,19)(H2,14,16,17,21);4-6H2,1-3H3,(H,12,13)(H3,10,11,15);4-6,9H2,1-3H3,(H,10,11);4-5H,1-3,8H2,(H,9,10). The highest BCUT2D eigenvalue weighted by Crippen LogP contribution is 2.17. The maximum absolute atomic E-state index is 11.9. The van der Waals surface area contributed by atoms with Crippen LogP contribution >= 0.6 is 59.3 Å². The minimum atomic E-state index is -0.508. The van der Waals surface area contributed by atoms with Crippen molar-refractivity contribution in [3.8, 4) is 0 Å². The molecule has 0 aliphatic carbocycles. The second-order valence-corrected chi connectivity index (χ2v) is 24.5. The number of aldehydes is 2. The molecule has 474 valence electrons. The summed E-state index contributed by atoms with van der Waals surface area (Å²) in [5.41, 5.74) is 14.4. The van der Waals surface area contributed by atoms with Crippen molar-refractivity contribution >= 4 is 128 Å². The molecule has 0 bridgehead atoms. The monoisotopic (exact) mass is 1270 g/mol. The summed E-state index contributed by atoms with van der Waals surface area (Å²) in [5, 5.41) is 30.1. The molecule has 31 heteroatoms. The van der Waals surface area contributed by atoms with E-state index in [9.17, 15) is 33.6 Å². The van der Waals surface area contributed by atoms with Gasteiger partial charge in [-0.25, -0.2) is 29.1 Å². The van der Waals surface area contributed by atoms with E-state index in [1.807, 2.05) is 89.2 Å². The Morgan fingerprint density at radius 3 is 1.21 bits per heavy atom. The predicted octanol–water partition coefficient (Wildman–Crippen LogP) is 6.67. The van der Waals surface area contributed by atoms with Crippen LogP contribution in [0.15, 0.2) is 42.7 Å². The number of anilines is 2. The Kier molecular flexibility index (Phi) is 42.4. The lowest BCUT2D eigenvalue weighted by Gasteiger charge is -2.19. The molecule has 0 saturated carbocycles. The van der Waals surface area contributed by atoms with Crippen LogP contribution in [-0.4, -0.2) is 156 Å². The molecule has 1 aromatic carbocycles. The number of benzene rings is 1. The number of hydrogen-bond acceptors (Lipinski definition) is 21. The number of amides is 5. The average Bonchev–Trinajstić information content (AvgIpc) is 4.20. The molecule has 84 heavy (non-hydrogen) atoms. The number of carbonyl (C=O) groups is 7. The van der Waals surface area contributed by atoms with Crippen LogP contribution in [0.25, 0.3) is 0 Å². The molecular weight excluding hydrogens is 1180 g/mol. The molecule has 2 aromatic heterocycles. The number of rotatable bonds is 23. The number of alkyl carbamates (subject to hydrolysis) is 4. The SMILES string of the molecule is CC(C)(C)OC(=O)NCCCN.CC(C)(C)OC(=O)NCCCNC(=S)NC(=O)c1ccccc1.CC(C)(C)OC(=O)NCCCNC(=S)Nc1ncc(C=O)s1.CC(C)(C)OC(=O)NCCCNC(N)=S.NCCCNc1ncc(C=O)s1. The van der Waals surface area contributed by atoms with Gasteiger partial charge >= 0.3 is 24.4 Å². The van der Waals surface area contributed by atoms with Crippen molar-refractivity contribution < 1.29 is 52.5 Å². The van der Waals surface area contributed by atoms with E-state index in [4.69, 9.17) is 60.6 Å². The molecule has 3 aromatic rings. The smallest absolute Gasteiger partial charge is 0.407 e. The Bertz CT molecular complexity index is 2410. The first-order valence-corrected chi connectivity index (χ1v) is 29.6. The molecular formula is C53H91N15O11S5. The fourth-order valence-corrected chi connectivity index (χ4v) is 6.92. The van der Waals surface area contributed by atoms with Gasteiger partial charge in [-0.2, -0.15) is 0 Å². The summed E-state index contributed by atoms with van der Waals surface area (Å²) in [6, 6.07) is 8.83. The molecule has 2 heterocycles. The zero-order valence-electron chi connectivity index (χ0n) is 50.5. The first-order chi connectivity index (χ1) is 39.2. The molecule has 0 aliphatic rings. The van der Waals surface area contributed by atoms with Gasteiger partial charge in [-0.15, -0.1) is 0 Å². The number of ether oxygens (including phenoxy) is 4. The van der Waals surface area contributed by atoms with Gasteiger partial charge in [0.1, 0.15) is 22.4 Å². The molecule has 5 amide bonds. The van der Waals surface area contributed by atoms with E-state index in [1.54, 1.807) is 30.5 Å². The molecule has 0 aliphatic heterocycles. The minimum Gasteiger partial charge on any atom is -0.444 e. The molecule has 0 atom stereocenters. The highest BCUT2D eigenvalue weighted by molar-refractivity contribution is 7.80. The van der Waals surface area contributed by atoms with Gasteiger partial charge in [0.2, 0.25) is 0 Å². The Balaban J connectivity index is 0. The van der Waals surface area contributed by atoms with E-state index < -0.39 is 40.7 Å². The van der Waals surface area contributed by atoms with Crippen LogP contribution in [-0.2, 0) is 18.9 Å². The molecule has 0 spiro atoms. The molecule has 16 N–H and O–H groups in total. The van der Waals surface area contributed by atoms with E-state index in [2.05, 4.69) is 75.4 Å². The Hall–Kier alpha value is -6.64. The maximum atomic E-state index is 11.9. The Labute approximate surface area is 518 Å². The largest absolute Gasteiger partial charge is 0.444 e. The number of nitrogens with one attached hydrogen (secondary N) is 10. The highest BCUT2D eigenvalue weighted by atomic mass is 32.1. The fourth-order valence-electron chi connectivity index (χ4n) is 5.07. The second kappa shape index (κ2) is 44.8. The normalized spacial score (nSPS) is 10.5. The van der Waals surface area contributed by atoms with Crippen LogP contribution in [0.1, 0.15) is 145 Å². The van der Waals surface area contributed by atoms with Crippen LogP contribution < -0.4 is 70.4 Å². The molecule has 0 radical (unpaired) electrons. The van der Waals surface area contributed by atoms with E-state index in [0.717, 1.165) is 43.5 Å². The summed E-state index contributed by atoms with van der Waals surface area (Å²) in [6.45, 7) is 27.7. The number of aromatic nitrogens is 2. The summed E-state index contributed by atoms with van der Waals surface area (Å²) in [4.78, 5) is 86.8. The summed E-state index contributed by atoms with van der Waals surface area (Å²) in [6.07, 6.45) is 6.69. The van der Waals surface area contributed by atoms with Crippen molar-refractivity contribution in [2.45, 2.75) is 138 Å². The van der Waals surface area contributed by atoms with Gasteiger partial charge in [0, 0.05) is 57.9 Å². The van der Waals surface area contributed by atoms with Gasteiger partial charge in [0.15, 0.2) is 38.2 Å². The van der Waals surface area contributed by atoms with Crippen molar-refractivity contribution in [3.05, 3.63) is 58.0 Å². The van der Waals surface area contributed by atoms with Gasteiger partial charge in [-0.1, -0.05) is 40.9 Å². The van der Waals surface area contributed by atoms with Crippen molar-refractivity contribution in [2.24, 2.45) is 17.2 Å². The summed E-state index contributed by atoms with van der Waals surface area (Å²) in [5.74, 6) is -0.255. The van der Waals surface area contributed by atoms with Crippen molar-refractivity contribution in [2.75, 3.05) is 76.1 Å². The van der Waals surface area contributed by atoms with Crippen LogP contribution in [0, 0.1) is 0 Å². The third kappa shape index (κ3) is 52.2. The lowest BCUT2D eigenvalue weighted by molar-refractivity contribution is 0.0516. The van der Waals surface area contributed by atoms with E-state index in [1.165, 1.54) is 28.9 Å². The minimum absolute atomic E-state index is 0.255. The van der Waals surface area contributed by atoms with Crippen LogP contribution in [0.5, 0.6) is 0 Å². The van der Waals surface area contributed by atoms with Gasteiger partial charge in [-0.3, -0.25) is 19.7 Å². The van der Waals surface area contributed by atoms with Crippen LogP contribution in [0.3, 0.4) is 0 Å². The number of carbonyl (C=O) groups excluding carboxylic acids is 7. The lowest BCUT2D eigenvalue weighted by Crippen LogP contribution is -2.40. The van der Waals surface area contributed by atoms with Crippen LogP contribution in [0.2, 0.25) is 0 Å². The quantitative estimate of drug-likeness (QED) is 0.0204. The van der Waals surface area contributed by atoms with Gasteiger partial charge in [0.25, 0.3) is 5.91 Å². The zero-order chi connectivity index (χ0) is 64.2. The first-order valence-electron chi connectivity index (χ1n) is 26.8. The third-order valence-corrected chi connectivity index (χ3v) is 10.8. The second-order valence-electron chi connectivity index (χ2n) is 21.1. The van der Waals surface area contributed by atoms with E-state index >= 15 is 0 Å². The Morgan fingerprint density at radius 1 is 0.500 bits per heavy atom. The number of thiazole rings is 2. The predicted molar refractivity (Wildman–Crippen MR) is 345 cm³/mol. The van der Waals surface area contributed by atoms with E-state index in [-0.39, 0.29) is 22.2 Å². The fraction of sp³-hybridized carbons (Fsp3) is 0.585. The van der Waals surface area contributed by atoms with E-state index in [0.29, 0.717) is 97.3 Å². The summed E-state index contributed by atoms with van der Waals surface area (Å²) >= 11 is 17.3. The molecule has 0 unspecified atom stereocenters. The number of nitrogens with zero attached hydrogens (tertiary/aromatic N) is 2. The number of thiocarbonyl (C=S) groups is 3. The molecule has 0 saturated heterocycles. The summed E-state index contributed by atoms with van der Waals surface area (Å²) in [7, 11) is 0. The van der Waals surface area contributed by atoms with Crippen molar-refractivity contribution in [1.29, 1.82) is 0 Å². The third-order valence-electron chi connectivity index (χ3n) is 8.40. The zero-order valence-corrected chi connectivity index (χ0v) is 54.5. The molecule has 0 fully saturated rings. The summed E-state index contributed by atoms with van der Waals surface area (Å²) < 4.78 is 20.3. The topological polar surface area (TPSA) is 381 Å². The average molecular weight is 1270 g/mol. The highest BCUT2D eigenvalue weighted by Gasteiger charge is 2.18. The lowest BCUT2D eigenvalue weighted by atomic mass is 10.2. The molecule has 3 rings (SSSR count). The maximum Gasteiger partial charge on any atom is 0.407 e. The molecule has 26 nitrogen and oxygen atoms in total. The van der Waals surface area contributed by atoms with Gasteiger partial charge in [0.05, 0.1) is 22.1 Å². The Morgan fingerprint density at radius 2 is 0.845 bits per heavy atom. The van der Waals surface area contributed by atoms with Crippen molar-refractivity contribution in [3.63, 3.8) is 0 Å². The van der Waals surface area contributed by atoms with Gasteiger partial charge < -0.3 is 84.0 Å². The number of hydrogen-bond donors (Lipinski definition) is 13. The van der Waals surface area contributed by atoms with Crippen LogP contribution in [0.4, 0.5) is 29.4 Å². The van der Waals surface area contributed by atoms with Crippen molar-refractivity contribution in [1.82, 2.24) is 52.5 Å².